The predicted octanol–water partition coefficient (Wildman–Crippen LogP) is 7.68. The van der Waals surface area contributed by atoms with Crippen LogP contribution < -0.4 is 18.9 Å². The molecule has 10 nitrogen and oxygen atoms in total. The third-order valence-electron chi connectivity index (χ3n) is 9.51. The maximum atomic E-state index is 6.50. The second-order valence-electron chi connectivity index (χ2n) is 14.2. The highest BCUT2D eigenvalue weighted by Crippen LogP contribution is 2.34. The minimum atomic E-state index is 0.332. The number of hydrogen-bond acceptors (Lipinski definition) is 10. The summed E-state index contributed by atoms with van der Waals surface area (Å²) in [4.78, 5) is 0. The average molecular weight is 741 g/mol. The van der Waals surface area contributed by atoms with Crippen molar-refractivity contribution in [2.24, 2.45) is 0 Å². The predicted molar refractivity (Wildman–Crippen MR) is 202 cm³/mol. The van der Waals surface area contributed by atoms with Crippen LogP contribution >= 0.6 is 0 Å². The molecule has 4 aromatic rings. The lowest BCUT2D eigenvalue weighted by Gasteiger charge is -2.22. The highest BCUT2D eigenvalue weighted by molar-refractivity contribution is 5.48. The van der Waals surface area contributed by atoms with Crippen LogP contribution in [0.15, 0.2) is 48.5 Å². The molecule has 0 N–H and O–H groups in total. The van der Waals surface area contributed by atoms with E-state index < -0.39 is 0 Å². The number of fused-ring (bicyclic) bond motifs is 20. The Morgan fingerprint density at radius 3 is 0.630 bits per heavy atom. The van der Waals surface area contributed by atoms with Gasteiger partial charge in [0.1, 0.15) is 49.4 Å². The first kappa shape index (κ1) is 38.1. The number of rotatable bonds is 0. The van der Waals surface area contributed by atoms with Crippen LogP contribution in [0.25, 0.3) is 0 Å². The van der Waals surface area contributed by atoms with Gasteiger partial charge in [0, 0.05) is 44.5 Å². The number of hydrogen-bond donors (Lipinski definition) is 0. The molecule has 4 aliphatic rings. The van der Waals surface area contributed by atoms with E-state index in [0.717, 1.165) is 89.8 Å². The van der Waals surface area contributed by atoms with Crippen molar-refractivity contribution >= 4 is 0 Å². The first-order valence-electron chi connectivity index (χ1n) is 18.9. The molecule has 0 saturated heterocycles. The van der Waals surface area contributed by atoms with Crippen LogP contribution in [0.3, 0.4) is 0 Å². The molecular formula is C44H52O10. The van der Waals surface area contributed by atoms with Crippen LogP contribution in [0.5, 0.6) is 23.0 Å². The van der Waals surface area contributed by atoms with E-state index in [1.165, 1.54) is 0 Å². The summed E-state index contributed by atoms with van der Waals surface area (Å²) in [6, 6.07) is 16.9. The van der Waals surface area contributed by atoms with E-state index in [1.54, 1.807) is 0 Å². The van der Waals surface area contributed by atoms with E-state index in [0.29, 0.717) is 106 Å². The number of ether oxygens (including phenoxy) is 10. The first-order chi connectivity index (χ1) is 26.4. The second kappa shape index (κ2) is 18.4. The molecule has 0 atom stereocenters. The molecule has 0 unspecified atom stereocenters. The summed E-state index contributed by atoms with van der Waals surface area (Å²) in [6.45, 7) is 14.0. The van der Waals surface area contributed by atoms with Gasteiger partial charge in [-0.1, -0.05) is 70.8 Å². The van der Waals surface area contributed by atoms with E-state index in [-0.39, 0.29) is 0 Å². The Labute approximate surface area is 318 Å². The Morgan fingerprint density at radius 1 is 0.259 bits per heavy atom. The van der Waals surface area contributed by atoms with E-state index >= 15 is 0 Å². The molecule has 4 aliphatic heterocycles. The molecular weight excluding hydrogens is 688 g/mol. The van der Waals surface area contributed by atoms with Gasteiger partial charge >= 0.3 is 0 Å². The third-order valence-corrected chi connectivity index (χ3v) is 9.51. The van der Waals surface area contributed by atoms with Gasteiger partial charge in [-0.3, -0.25) is 0 Å². The van der Waals surface area contributed by atoms with E-state index in [9.17, 15) is 0 Å². The summed E-state index contributed by atoms with van der Waals surface area (Å²) in [5, 5.41) is 0. The molecule has 4 heterocycles. The topological polar surface area (TPSA) is 92.3 Å². The Morgan fingerprint density at radius 2 is 0.444 bits per heavy atom. The second-order valence-corrected chi connectivity index (χ2v) is 14.2. The SMILES string of the molecule is Cc1cc2c3c(c1)COCc1cc(C)cc4c1OCCOCCOc1c(cc(C)cc1COCc1cc(C)cc(c1OCCOCCO3)COC4)COC2. The molecule has 0 spiro atoms. The molecule has 12 bridgehead atoms. The molecule has 10 heteroatoms. The van der Waals surface area contributed by atoms with E-state index in [4.69, 9.17) is 47.4 Å². The fraction of sp³-hybridized carbons (Fsp3) is 0.455. The van der Waals surface area contributed by atoms with Crippen molar-refractivity contribution in [3.05, 3.63) is 115 Å². The van der Waals surface area contributed by atoms with Gasteiger partial charge in [-0.15, -0.1) is 0 Å². The molecule has 0 radical (unpaired) electrons. The van der Waals surface area contributed by atoms with E-state index in [1.807, 2.05) is 0 Å². The Bertz CT molecular complexity index is 1530. The zero-order valence-electron chi connectivity index (χ0n) is 32.0. The summed E-state index contributed by atoms with van der Waals surface area (Å²) >= 11 is 0. The highest BCUT2D eigenvalue weighted by Gasteiger charge is 2.20. The van der Waals surface area contributed by atoms with Gasteiger partial charge in [0.15, 0.2) is 0 Å². The first-order valence-corrected chi connectivity index (χ1v) is 18.9. The zero-order valence-corrected chi connectivity index (χ0v) is 32.0. The molecule has 288 valence electrons. The normalized spacial score (nSPS) is 17.7. The van der Waals surface area contributed by atoms with Crippen LogP contribution in [0.2, 0.25) is 0 Å². The Balaban J connectivity index is 1.37. The number of benzene rings is 4. The summed E-state index contributed by atoms with van der Waals surface area (Å²) in [5.41, 5.74) is 11.9. The van der Waals surface area contributed by atoms with Gasteiger partial charge in [0.05, 0.1) is 79.3 Å². The standard InChI is InChI=1S/C44H52O10/c1-29-13-33-21-47-23-35-15-30(2)17-37-25-49-27-39-19-32(4)20-40-28-50-26-38-18-31(3)16-36(43(38)53-12-8-46-7-11-52-42(35)37)24-48-22-34(14-29)41(33)51-9-5-45-6-10-54-44(39)40/h13-20H,5-12,21-28H2,1-4H3. The van der Waals surface area contributed by atoms with Gasteiger partial charge in [-0.25, -0.2) is 0 Å². The fourth-order valence-electron chi connectivity index (χ4n) is 7.41. The molecule has 8 rings (SSSR count). The molecule has 0 aliphatic carbocycles. The zero-order chi connectivity index (χ0) is 37.3. The third kappa shape index (κ3) is 9.73. The van der Waals surface area contributed by atoms with Gasteiger partial charge in [0.25, 0.3) is 0 Å². The summed E-state index contributed by atoms with van der Waals surface area (Å²) in [6.07, 6.45) is 0. The Kier molecular flexibility index (Phi) is 13.0. The quantitative estimate of drug-likeness (QED) is 0.167. The van der Waals surface area contributed by atoms with Crippen LogP contribution in [0, 0.1) is 27.7 Å². The lowest BCUT2D eigenvalue weighted by Crippen LogP contribution is -2.16. The molecule has 0 aromatic heterocycles. The lowest BCUT2D eigenvalue weighted by atomic mass is 10.0. The fourth-order valence-corrected chi connectivity index (χ4v) is 7.41. The van der Waals surface area contributed by atoms with Gasteiger partial charge < -0.3 is 47.4 Å². The van der Waals surface area contributed by atoms with Crippen molar-refractivity contribution in [2.45, 2.75) is 80.6 Å². The van der Waals surface area contributed by atoms with Crippen molar-refractivity contribution < 1.29 is 47.4 Å². The van der Waals surface area contributed by atoms with Crippen molar-refractivity contribution in [2.75, 3.05) is 52.9 Å². The maximum absolute atomic E-state index is 6.50. The average Bonchev–Trinajstić information content (AvgIpc) is 3.12. The smallest absolute Gasteiger partial charge is 0.130 e. The van der Waals surface area contributed by atoms with Crippen LogP contribution in [-0.2, 0) is 81.3 Å². The molecule has 0 amide bonds. The van der Waals surface area contributed by atoms with Crippen LogP contribution in [0.4, 0.5) is 0 Å². The van der Waals surface area contributed by atoms with Crippen molar-refractivity contribution in [3.63, 3.8) is 0 Å². The monoisotopic (exact) mass is 740 g/mol. The number of aryl methyl sites for hydroxylation is 4. The summed E-state index contributed by atoms with van der Waals surface area (Å²) in [7, 11) is 0. The van der Waals surface area contributed by atoms with Gasteiger partial charge in [0.2, 0.25) is 0 Å². The van der Waals surface area contributed by atoms with Crippen LogP contribution in [0.1, 0.15) is 66.8 Å². The largest absolute Gasteiger partial charge is 0.490 e. The minimum Gasteiger partial charge on any atom is -0.490 e. The maximum Gasteiger partial charge on any atom is 0.130 e. The highest BCUT2D eigenvalue weighted by atomic mass is 16.6. The molecule has 4 aromatic carbocycles. The van der Waals surface area contributed by atoms with Crippen LogP contribution in [-0.4, -0.2) is 52.9 Å². The van der Waals surface area contributed by atoms with Crippen molar-refractivity contribution in [3.8, 4) is 23.0 Å². The van der Waals surface area contributed by atoms with Gasteiger partial charge in [-0.05, 0) is 27.7 Å². The van der Waals surface area contributed by atoms with E-state index in [2.05, 4.69) is 76.2 Å². The summed E-state index contributed by atoms with van der Waals surface area (Å²) < 4.78 is 64.0. The molecule has 0 saturated carbocycles. The molecule has 54 heavy (non-hydrogen) atoms. The lowest BCUT2D eigenvalue weighted by molar-refractivity contribution is 0.0598. The van der Waals surface area contributed by atoms with Gasteiger partial charge in [-0.2, -0.15) is 0 Å². The van der Waals surface area contributed by atoms with Crippen molar-refractivity contribution in [1.82, 2.24) is 0 Å². The minimum absolute atomic E-state index is 0.332. The van der Waals surface area contributed by atoms with Crippen molar-refractivity contribution in [1.29, 1.82) is 0 Å². The Hall–Kier alpha value is -4.16. The summed E-state index contributed by atoms with van der Waals surface area (Å²) in [5.74, 6) is 2.98. The molecule has 0 fully saturated rings.